The highest BCUT2D eigenvalue weighted by atomic mass is 31.2. The van der Waals surface area contributed by atoms with E-state index >= 15 is 0 Å². The third-order valence-electron chi connectivity index (χ3n) is 14.7. The van der Waals surface area contributed by atoms with Gasteiger partial charge in [0.05, 0.1) is 33.8 Å². The first kappa shape index (κ1) is 78.9. The molecule has 0 radical (unpaired) electrons. The highest BCUT2D eigenvalue weighted by Gasteiger charge is 2.27. The van der Waals surface area contributed by atoms with E-state index in [9.17, 15) is 19.0 Å². The number of ether oxygens (including phenoxy) is 1. The van der Waals surface area contributed by atoms with Gasteiger partial charge in [-0.05, 0) is 115 Å². The van der Waals surface area contributed by atoms with Gasteiger partial charge in [-0.2, -0.15) is 0 Å². The molecule has 0 heterocycles. The number of likely N-dealkylation sites (N-methyl/N-ethyl adjacent to an activating group) is 1. The summed E-state index contributed by atoms with van der Waals surface area (Å²) in [6, 6.07) is -0.906. The lowest BCUT2D eigenvalue weighted by Crippen LogP contribution is -2.47. The summed E-state index contributed by atoms with van der Waals surface area (Å²) in [7, 11) is 1.16. The number of quaternary nitrogens is 1. The SMILES string of the molecule is CCCCC/C=C\C/C=C\C/C=C\C/C=C\CCCCCCCC(=O)NC(COP(=O)([O-])OCC[N+](C)(C)C)C(/C=C/CCCCCCCCCCCC)OC(=O)CCCCCCCCCCCC/C=C\C/C=C\C/C=C\CCCCC. The van der Waals surface area contributed by atoms with Gasteiger partial charge < -0.3 is 28.5 Å². The van der Waals surface area contributed by atoms with Crippen LogP contribution in [0.2, 0.25) is 0 Å². The van der Waals surface area contributed by atoms with Gasteiger partial charge in [-0.3, -0.25) is 14.2 Å². The molecular formula is C72H129N2O7P. The first-order chi connectivity index (χ1) is 39.9. The second-order valence-corrected chi connectivity index (χ2v) is 25.4. The minimum absolute atomic E-state index is 0.0309. The molecule has 0 aliphatic carbocycles. The molecule has 0 aromatic rings. The Morgan fingerprint density at radius 1 is 0.427 bits per heavy atom. The standard InChI is InChI=1S/C72H129N2O7P/c1-7-10-13-16-19-22-25-28-30-32-34-36-37-39-41-43-45-47-50-53-56-59-62-65-72(76)81-70(63-60-57-54-51-48-27-24-21-18-15-12-9-3)69(68-80-82(77,78)79-67-66-74(4,5)6)73-71(75)64-61-58-55-52-49-46-44-42-40-38-35-33-31-29-26-23-20-17-14-11-8-2/h19-20,22-23,28-31,34-36,38,42,44,60,63,69-70H,7-18,21,24-27,32-33,37,39-41,43,45-59,61-62,64-68H2,1-6H3,(H-,73,75,77,78)/b22-19-,23-20-,30-28-,31-29-,36-34-,38-35-,44-42-,63-60+. The van der Waals surface area contributed by atoms with E-state index in [4.69, 9.17) is 13.8 Å². The van der Waals surface area contributed by atoms with Crippen LogP contribution in [0.15, 0.2) is 97.2 Å². The van der Waals surface area contributed by atoms with Crippen molar-refractivity contribution in [3.63, 3.8) is 0 Å². The molecule has 0 saturated heterocycles. The summed E-state index contributed by atoms with van der Waals surface area (Å²) < 4.78 is 30.4. The molecule has 10 heteroatoms. The van der Waals surface area contributed by atoms with Crippen molar-refractivity contribution in [2.75, 3.05) is 40.9 Å². The molecule has 1 N–H and O–H groups in total. The second-order valence-electron chi connectivity index (χ2n) is 24.0. The smallest absolute Gasteiger partial charge is 0.306 e. The third kappa shape index (κ3) is 61.5. The lowest BCUT2D eigenvalue weighted by atomic mass is 10.0. The van der Waals surface area contributed by atoms with Crippen LogP contribution in [-0.2, 0) is 27.9 Å². The van der Waals surface area contributed by atoms with Crippen LogP contribution in [0.4, 0.5) is 0 Å². The van der Waals surface area contributed by atoms with Gasteiger partial charge in [0.2, 0.25) is 5.91 Å². The molecule has 0 aromatic carbocycles. The Kier molecular flexibility index (Phi) is 58.7. The Bertz CT molecular complexity index is 1720. The molecular weight excluding hydrogens is 1040 g/mol. The summed E-state index contributed by atoms with van der Waals surface area (Å²) in [6.45, 7) is 6.78. The number of carbonyl (C=O) groups is 2. The number of phosphoric acid groups is 1. The number of phosphoric ester groups is 1. The summed E-state index contributed by atoms with van der Waals surface area (Å²) in [5.74, 6) is -0.565. The number of nitrogens with zero attached hydrogens (tertiary/aromatic N) is 1. The third-order valence-corrected chi connectivity index (χ3v) is 15.7. The van der Waals surface area contributed by atoms with Crippen LogP contribution in [0, 0.1) is 0 Å². The molecule has 3 atom stereocenters. The zero-order valence-corrected chi connectivity index (χ0v) is 55.1. The largest absolute Gasteiger partial charge is 0.756 e. The molecule has 0 bridgehead atoms. The van der Waals surface area contributed by atoms with Crippen molar-refractivity contribution >= 4 is 19.7 Å². The molecule has 474 valence electrons. The Balaban J connectivity index is 5.19. The molecule has 0 aromatic heterocycles. The Labute approximate surface area is 507 Å². The van der Waals surface area contributed by atoms with Gasteiger partial charge in [0, 0.05) is 12.8 Å². The van der Waals surface area contributed by atoms with Crippen LogP contribution in [0.3, 0.4) is 0 Å². The summed E-state index contributed by atoms with van der Waals surface area (Å²) in [5, 5.41) is 3.03. The van der Waals surface area contributed by atoms with Crippen LogP contribution >= 0.6 is 7.82 Å². The number of nitrogens with one attached hydrogen (secondary N) is 1. The quantitative estimate of drug-likeness (QED) is 0.0212. The van der Waals surface area contributed by atoms with Gasteiger partial charge >= 0.3 is 5.97 Å². The fourth-order valence-corrected chi connectivity index (χ4v) is 10.2. The molecule has 0 aliphatic rings. The van der Waals surface area contributed by atoms with E-state index in [-0.39, 0.29) is 24.9 Å². The minimum atomic E-state index is -4.71. The van der Waals surface area contributed by atoms with Gasteiger partial charge in [0.25, 0.3) is 7.82 Å². The first-order valence-electron chi connectivity index (χ1n) is 34.0. The monoisotopic (exact) mass is 1160 g/mol. The minimum Gasteiger partial charge on any atom is -0.756 e. The highest BCUT2D eigenvalue weighted by molar-refractivity contribution is 7.45. The molecule has 9 nitrogen and oxygen atoms in total. The fourth-order valence-electron chi connectivity index (χ4n) is 9.45. The highest BCUT2D eigenvalue weighted by Crippen LogP contribution is 2.38. The van der Waals surface area contributed by atoms with Crippen LogP contribution in [0.1, 0.15) is 297 Å². The number of rotatable bonds is 61. The maximum atomic E-state index is 13.6. The predicted molar refractivity (Wildman–Crippen MR) is 353 cm³/mol. The van der Waals surface area contributed by atoms with E-state index in [2.05, 4.69) is 111 Å². The fraction of sp³-hybridized carbons (Fsp3) is 0.750. The first-order valence-corrected chi connectivity index (χ1v) is 35.5. The number of allylic oxidation sites excluding steroid dienone is 15. The maximum absolute atomic E-state index is 13.6. The average Bonchev–Trinajstić information content (AvgIpc) is 3.44. The number of hydrogen-bond acceptors (Lipinski definition) is 7. The number of unbranched alkanes of at least 4 members (excludes halogenated alkanes) is 31. The van der Waals surface area contributed by atoms with Crippen LogP contribution in [0.5, 0.6) is 0 Å². The Morgan fingerprint density at radius 2 is 0.744 bits per heavy atom. The van der Waals surface area contributed by atoms with E-state index in [1.165, 1.54) is 141 Å². The van der Waals surface area contributed by atoms with Crippen molar-refractivity contribution < 1.29 is 37.3 Å². The van der Waals surface area contributed by atoms with Crippen molar-refractivity contribution in [3.8, 4) is 0 Å². The molecule has 3 unspecified atom stereocenters. The molecule has 0 aliphatic heterocycles. The zero-order valence-electron chi connectivity index (χ0n) is 54.2. The summed E-state index contributed by atoms with van der Waals surface area (Å²) in [6.07, 6.45) is 82.3. The topological polar surface area (TPSA) is 114 Å². The van der Waals surface area contributed by atoms with Crippen LogP contribution in [0.25, 0.3) is 0 Å². The van der Waals surface area contributed by atoms with Gasteiger partial charge in [0.15, 0.2) is 0 Å². The average molecular weight is 1170 g/mol. The van der Waals surface area contributed by atoms with Gasteiger partial charge in [-0.1, -0.05) is 266 Å². The van der Waals surface area contributed by atoms with Crippen molar-refractivity contribution in [3.05, 3.63) is 97.2 Å². The normalized spacial score (nSPS) is 14.2. The Hall–Kier alpha value is -3.07. The second kappa shape index (κ2) is 61.0. The van der Waals surface area contributed by atoms with Crippen molar-refractivity contribution in [2.24, 2.45) is 0 Å². The van der Waals surface area contributed by atoms with Gasteiger partial charge in [-0.25, -0.2) is 0 Å². The molecule has 0 spiro atoms. The molecule has 1 amide bonds. The summed E-state index contributed by atoms with van der Waals surface area (Å²) >= 11 is 0. The van der Waals surface area contributed by atoms with Gasteiger partial charge in [-0.15, -0.1) is 0 Å². The van der Waals surface area contributed by atoms with E-state index in [0.29, 0.717) is 23.9 Å². The van der Waals surface area contributed by atoms with Crippen molar-refractivity contribution in [2.45, 2.75) is 309 Å². The maximum Gasteiger partial charge on any atom is 0.306 e. The summed E-state index contributed by atoms with van der Waals surface area (Å²) in [5.41, 5.74) is 0. The van der Waals surface area contributed by atoms with E-state index < -0.39 is 26.6 Å². The molecule has 0 saturated carbocycles. The molecule has 0 rings (SSSR count). The molecule has 0 fully saturated rings. The number of esters is 1. The van der Waals surface area contributed by atoms with Crippen molar-refractivity contribution in [1.82, 2.24) is 5.32 Å². The van der Waals surface area contributed by atoms with E-state index in [1.807, 2.05) is 33.3 Å². The van der Waals surface area contributed by atoms with Gasteiger partial charge in [0.1, 0.15) is 19.3 Å². The number of carbonyl (C=O) groups excluding carboxylic acids is 2. The summed E-state index contributed by atoms with van der Waals surface area (Å²) in [4.78, 5) is 40.1. The molecule has 82 heavy (non-hydrogen) atoms. The Morgan fingerprint density at radius 3 is 1.13 bits per heavy atom. The van der Waals surface area contributed by atoms with Crippen LogP contribution in [-0.4, -0.2) is 69.4 Å². The van der Waals surface area contributed by atoms with E-state index in [0.717, 1.165) is 116 Å². The number of amides is 1. The predicted octanol–water partition coefficient (Wildman–Crippen LogP) is 20.9. The van der Waals surface area contributed by atoms with E-state index in [1.54, 1.807) is 0 Å². The van der Waals surface area contributed by atoms with Crippen molar-refractivity contribution in [1.29, 1.82) is 0 Å². The lowest BCUT2D eigenvalue weighted by Gasteiger charge is -2.30. The lowest BCUT2D eigenvalue weighted by molar-refractivity contribution is -0.870. The zero-order chi connectivity index (χ0) is 60.0. The number of hydrogen-bond donors (Lipinski definition) is 1. The van der Waals surface area contributed by atoms with Crippen LogP contribution < -0.4 is 10.2 Å².